The van der Waals surface area contributed by atoms with Crippen molar-refractivity contribution in [2.45, 2.75) is 25.8 Å². The molecule has 0 radical (unpaired) electrons. The van der Waals surface area contributed by atoms with Gasteiger partial charge in [-0.1, -0.05) is 23.8 Å². The monoisotopic (exact) mass is 368 g/mol. The molecule has 0 spiro atoms. The zero-order valence-electron chi connectivity index (χ0n) is 15.6. The molecule has 1 amide bonds. The molecular weight excluding hydrogens is 346 g/mol. The van der Waals surface area contributed by atoms with Crippen molar-refractivity contribution in [3.63, 3.8) is 0 Å². The van der Waals surface area contributed by atoms with Crippen LogP contribution in [0, 0.1) is 12.8 Å². The number of carboxylic acid groups (broad SMARTS) is 1. The SMILES string of the molecule is COc1ccc([C@@H]2[C@@H](C(=O)[O-])CCC(=O)N2c2ccc(C)cc2)cc1OC. The number of methoxy groups -OCH3 is 2. The molecule has 0 aliphatic carbocycles. The van der Waals surface area contributed by atoms with Crippen LogP contribution in [-0.4, -0.2) is 26.1 Å². The molecule has 2 aromatic carbocycles. The molecule has 3 rings (SSSR count). The highest BCUT2D eigenvalue weighted by atomic mass is 16.5. The third-order valence-corrected chi connectivity index (χ3v) is 4.96. The molecule has 1 saturated heterocycles. The van der Waals surface area contributed by atoms with Crippen LogP contribution >= 0.6 is 0 Å². The lowest BCUT2D eigenvalue weighted by molar-refractivity contribution is -0.312. The molecule has 27 heavy (non-hydrogen) atoms. The summed E-state index contributed by atoms with van der Waals surface area (Å²) in [6.07, 6.45) is 0.402. The first kappa shape index (κ1) is 18.8. The standard InChI is InChI=1S/C21H23NO5/c1-13-4-7-15(8-5-13)22-19(23)11-9-16(21(24)25)20(22)14-6-10-17(26-2)18(12-14)27-3/h4-8,10,12,16,20H,9,11H2,1-3H3,(H,24,25)/p-1/t16-,20+/m0/s1. The lowest BCUT2D eigenvalue weighted by Gasteiger charge is -2.42. The zero-order chi connectivity index (χ0) is 19.6. The minimum absolute atomic E-state index is 0.115. The van der Waals surface area contributed by atoms with Crippen molar-refractivity contribution in [1.82, 2.24) is 0 Å². The summed E-state index contributed by atoms with van der Waals surface area (Å²) in [6, 6.07) is 12.0. The molecule has 1 fully saturated rings. The minimum atomic E-state index is -1.17. The molecule has 0 saturated carbocycles. The summed E-state index contributed by atoms with van der Waals surface area (Å²) < 4.78 is 10.6. The summed E-state index contributed by atoms with van der Waals surface area (Å²) in [7, 11) is 3.05. The van der Waals surface area contributed by atoms with Gasteiger partial charge in [0.1, 0.15) is 0 Å². The number of carbonyl (C=O) groups is 2. The Morgan fingerprint density at radius 3 is 2.33 bits per heavy atom. The highest BCUT2D eigenvalue weighted by molar-refractivity contribution is 5.96. The Labute approximate surface area is 158 Å². The quantitative estimate of drug-likeness (QED) is 0.809. The van der Waals surface area contributed by atoms with E-state index in [4.69, 9.17) is 9.47 Å². The predicted octanol–water partition coefficient (Wildman–Crippen LogP) is 2.25. The number of carbonyl (C=O) groups excluding carboxylic acids is 2. The Balaban J connectivity index is 2.13. The van der Waals surface area contributed by atoms with E-state index in [1.807, 2.05) is 31.2 Å². The third kappa shape index (κ3) is 3.60. The van der Waals surface area contributed by atoms with Gasteiger partial charge in [0, 0.05) is 24.0 Å². The first-order chi connectivity index (χ1) is 13.0. The molecule has 1 heterocycles. The maximum absolute atomic E-state index is 12.8. The van der Waals surface area contributed by atoms with Gasteiger partial charge in [-0.2, -0.15) is 0 Å². The van der Waals surface area contributed by atoms with Gasteiger partial charge in [0.25, 0.3) is 0 Å². The van der Waals surface area contributed by atoms with E-state index in [-0.39, 0.29) is 18.7 Å². The van der Waals surface area contributed by atoms with Crippen molar-refractivity contribution in [3.05, 3.63) is 53.6 Å². The topological polar surface area (TPSA) is 78.9 Å². The fraction of sp³-hybridized carbons (Fsp3) is 0.333. The molecule has 1 aliphatic rings. The lowest BCUT2D eigenvalue weighted by Crippen LogP contribution is -2.49. The second-order valence-electron chi connectivity index (χ2n) is 6.62. The molecule has 2 aromatic rings. The van der Waals surface area contributed by atoms with Crippen molar-refractivity contribution in [1.29, 1.82) is 0 Å². The number of aryl methyl sites for hydroxylation is 1. The van der Waals surface area contributed by atoms with Crippen LogP contribution in [0.2, 0.25) is 0 Å². The van der Waals surface area contributed by atoms with Crippen molar-refractivity contribution in [2.24, 2.45) is 5.92 Å². The fourth-order valence-electron chi connectivity index (χ4n) is 3.57. The molecule has 6 nitrogen and oxygen atoms in total. The van der Waals surface area contributed by atoms with Crippen LogP contribution in [0.15, 0.2) is 42.5 Å². The average molecular weight is 368 g/mol. The van der Waals surface area contributed by atoms with Crippen LogP contribution in [0.4, 0.5) is 5.69 Å². The largest absolute Gasteiger partial charge is 0.550 e. The van der Waals surface area contributed by atoms with Crippen LogP contribution < -0.4 is 19.5 Å². The number of benzene rings is 2. The second-order valence-corrected chi connectivity index (χ2v) is 6.62. The molecule has 142 valence electrons. The number of hydrogen-bond acceptors (Lipinski definition) is 5. The number of nitrogens with zero attached hydrogens (tertiary/aromatic N) is 1. The number of anilines is 1. The van der Waals surface area contributed by atoms with E-state index >= 15 is 0 Å². The third-order valence-electron chi connectivity index (χ3n) is 4.96. The van der Waals surface area contributed by atoms with Crippen molar-refractivity contribution >= 4 is 17.6 Å². The Kier molecular flexibility index (Phi) is 5.35. The van der Waals surface area contributed by atoms with Gasteiger partial charge in [0.2, 0.25) is 5.91 Å². The smallest absolute Gasteiger partial charge is 0.227 e. The maximum atomic E-state index is 12.8. The van der Waals surface area contributed by atoms with Crippen molar-refractivity contribution < 1.29 is 24.2 Å². The Morgan fingerprint density at radius 2 is 1.74 bits per heavy atom. The van der Waals surface area contributed by atoms with E-state index in [0.717, 1.165) is 5.56 Å². The number of hydrogen-bond donors (Lipinski definition) is 0. The van der Waals surface area contributed by atoms with Gasteiger partial charge in [0.15, 0.2) is 11.5 Å². The summed E-state index contributed by atoms with van der Waals surface area (Å²) >= 11 is 0. The summed E-state index contributed by atoms with van der Waals surface area (Å²) in [4.78, 5) is 26.2. The second kappa shape index (κ2) is 7.70. The fourth-order valence-corrected chi connectivity index (χ4v) is 3.57. The molecule has 0 bridgehead atoms. The Morgan fingerprint density at radius 1 is 1.07 bits per heavy atom. The molecule has 0 N–H and O–H groups in total. The summed E-state index contributed by atoms with van der Waals surface area (Å²) in [5, 5.41) is 11.8. The lowest BCUT2D eigenvalue weighted by atomic mass is 9.83. The van der Waals surface area contributed by atoms with E-state index in [2.05, 4.69) is 0 Å². The van der Waals surface area contributed by atoms with Gasteiger partial charge in [-0.3, -0.25) is 4.79 Å². The minimum Gasteiger partial charge on any atom is -0.550 e. The molecule has 2 atom stereocenters. The highest BCUT2D eigenvalue weighted by Crippen LogP contribution is 2.42. The van der Waals surface area contributed by atoms with E-state index in [0.29, 0.717) is 22.7 Å². The van der Waals surface area contributed by atoms with Crippen LogP contribution in [0.3, 0.4) is 0 Å². The predicted molar refractivity (Wildman–Crippen MR) is 98.7 cm³/mol. The number of amides is 1. The van der Waals surface area contributed by atoms with E-state index in [1.165, 1.54) is 14.2 Å². The van der Waals surface area contributed by atoms with Crippen LogP contribution in [-0.2, 0) is 9.59 Å². The first-order valence-corrected chi connectivity index (χ1v) is 8.77. The average Bonchev–Trinajstić information content (AvgIpc) is 2.67. The molecule has 0 aromatic heterocycles. The van der Waals surface area contributed by atoms with Crippen LogP contribution in [0.25, 0.3) is 0 Å². The van der Waals surface area contributed by atoms with Crippen LogP contribution in [0.1, 0.15) is 30.0 Å². The van der Waals surface area contributed by atoms with Gasteiger partial charge >= 0.3 is 0 Å². The van der Waals surface area contributed by atoms with Gasteiger partial charge in [-0.15, -0.1) is 0 Å². The van der Waals surface area contributed by atoms with E-state index in [1.54, 1.807) is 23.1 Å². The van der Waals surface area contributed by atoms with Crippen molar-refractivity contribution in [2.75, 3.05) is 19.1 Å². The van der Waals surface area contributed by atoms with E-state index < -0.39 is 17.9 Å². The van der Waals surface area contributed by atoms with Gasteiger partial charge in [-0.25, -0.2) is 0 Å². The normalized spacial score (nSPS) is 19.7. The molecule has 6 heteroatoms. The van der Waals surface area contributed by atoms with Gasteiger partial charge in [-0.05, 0) is 43.2 Å². The number of carboxylic acids is 1. The molecule has 1 aliphatic heterocycles. The first-order valence-electron chi connectivity index (χ1n) is 8.77. The maximum Gasteiger partial charge on any atom is 0.227 e. The summed E-state index contributed by atoms with van der Waals surface area (Å²) in [5.74, 6) is -1.08. The number of piperidine rings is 1. The van der Waals surface area contributed by atoms with Crippen LogP contribution in [0.5, 0.6) is 11.5 Å². The highest BCUT2D eigenvalue weighted by Gasteiger charge is 2.38. The summed E-state index contributed by atoms with van der Waals surface area (Å²) in [5.41, 5.74) is 2.38. The number of rotatable bonds is 5. The van der Waals surface area contributed by atoms with E-state index in [9.17, 15) is 14.7 Å². The Bertz CT molecular complexity index is 846. The molecule has 0 unspecified atom stereocenters. The number of aliphatic carboxylic acids is 1. The molecular formula is C21H22NO5-. The van der Waals surface area contributed by atoms with Gasteiger partial charge < -0.3 is 24.3 Å². The summed E-state index contributed by atoms with van der Waals surface area (Å²) in [6.45, 7) is 1.96. The zero-order valence-corrected chi connectivity index (χ0v) is 15.6. The van der Waals surface area contributed by atoms with Crippen molar-refractivity contribution in [3.8, 4) is 11.5 Å². The van der Waals surface area contributed by atoms with Gasteiger partial charge in [0.05, 0.1) is 20.3 Å². The number of ether oxygens (including phenoxy) is 2. The Hall–Kier alpha value is -3.02.